The van der Waals surface area contributed by atoms with Gasteiger partial charge in [-0.2, -0.15) is 0 Å². The van der Waals surface area contributed by atoms with Crippen LogP contribution in [0.4, 0.5) is 10.1 Å². The minimum atomic E-state index is -0.316. The molecule has 0 aromatic heterocycles. The van der Waals surface area contributed by atoms with Crippen LogP contribution in [0.2, 0.25) is 5.02 Å². The number of benzene rings is 2. The van der Waals surface area contributed by atoms with Gasteiger partial charge >= 0.3 is 0 Å². The largest absolute Gasteiger partial charge is 0.333 e. The van der Waals surface area contributed by atoms with Crippen molar-refractivity contribution in [1.29, 1.82) is 0 Å². The number of nitrogens with one attached hydrogen (secondary N) is 1. The molecule has 0 radical (unpaired) electrons. The molecule has 1 N–H and O–H groups in total. The third-order valence-corrected chi connectivity index (χ3v) is 4.95. The van der Waals surface area contributed by atoms with Gasteiger partial charge in [-0.25, -0.2) is 4.39 Å². The highest BCUT2D eigenvalue weighted by Gasteiger charge is 2.16. The van der Waals surface area contributed by atoms with Gasteiger partial charge in [-0.1, -0.05) is 17.7 Å². The zero-order valence-electron chi connectivity index (χ0n) is 14.6. The molecule has 2 aromatic carbocycles. The Kier molecular flexibility index (Phi) is 7.48. The summed E-state index contributed by atoms with van der Waals surface area (Å²) in [6, 6.07) is 11.2. The van der Waals surface area contributed by atoms with Crippen LogP contribution >= 0.6 is 23.4 Å². The molecule has 4 nitrogen and oxygen atoms in total. The van der Waals surface area contributed by atoms with Crippen molar-refractivity contribution in [1.82, 2.24) is 4.90 Å². The molecule has 0 bridgehead atoms. The first kappa shape index (κ1) is 20.3. The Labute approximate surface area is 161 Å². The summed E-state index contributed by atoms with van der Waals surface area (Å²) in [6.45, 7) is 4.07. The summed E-state index contributed by atoms with van der Waals surface area (Å²) in [4.78, 5) is 26.9. The first-order valence-corrected chi connectivity index (χ1v) is 9.47. The fraction of sp³-hybridized carbons (Fsp3) is 0.263. The van der Waals surface area contributed by atoms with Gasteiger partial charge in [0.25, 0.3) is 0 Å². The van der Waals surface area contributed by atoms with Crippen LogP contribution in [-0.2, 0) is 9.59 Å². The molecule has 2 amide bonds. The molecule has 26 heavy (non-hydrogen) atoms. The van der Waals surface area contributed by atoms with E-state index in [0.717, 1.165) is 10.5 Å². The third kappa shape index (κ3) is 6.04. The average molecular weight is 395 g/mol. The number of halogens is 2. The second-order valence-electron chi connectivity index (χ2n) is 5.66. The summed E-state index contributed by atoms with van der Waals surface area (Å²) in [6.07, 6.45) is 0. The Morgan fingerprint density at radius 2 is 1.88 bits per heavy atom. The third-order valence-electron chi connectivity index (χ3n) is 3.72. The van der Waals surface area contributed by atoms with E-state index in [1.54, 1.807) is 24.3 Å². The lowest BCUT2D eigenvalue weighted by Crippen LogP contribution is -2.38. The summed E-state index contributed by atoms with van der Waals surface area (Å²) in [5.41, 5.74) is 1.52. The lowest BCUT2D eigenvalue weighted by molar-refractivity contribution is -0.132. The zero-order valence-corrected chi connectivity index (χ0v) is 16.2. The maximum atomic E-state index is 12.9. The summed E-state index contributed by atoms with van der Waals surface area (Å²) in [5.74, 6) is -0.566. The van der Waals surface area contributed by atoms with Crippen LogP contribution in [0.25, 0.3) is 0 Å². The molecular formula is C19H20ClFN2O2S. The van der Waals surface area contributed by atoms with Crippen molar-refractivity contribution in [3.05, 3.63) is 58.9 Å². The number of thioether (sulfide) groups is 1. The van der Waals surface area contributed by atoms with Crippen molar-refractivity contribution < 1.29 is 14.0 Å². The highest BCUT2D eigenvalue weighted by atomic mass is 35.5. The van der Waals surface area contributed by atoms with Crippen LogP contribution in [0.5, 0.6) is 0 Å². The van der Waals surface area contributed by atoms with Crippen LogP contribution in [0.15, 0.2) is 47.4 Å². The van der Waals surface area contributed by atoms with Gasteiger partial charge in [0.1, 0.15) is 5.82 Å². The van der Waals surface area contributed by atoms with Crippen molar-refractivity contribution in [2.75, 3.05) is 24.2 Å². The van der Waals surface area contributed by atoms with Crippen molar-refractivity contribution in [3.63, 3.8) is 0 Å². The van der Waals surface area contributed by atoms with Crippen LogP contribution in [0.1, 0.15) is 12.5 Å². The summed E-state index contributed by atoms with van der Waals surface area (Å²) in [7, 11) is 0. The molecule has 2 aromatic rings. The predicted octanol–water partition coefficient (Wildman–Crippen LogP) is 4.37. The molecule has 0 saturated heterocycles. The number of likely N-dealkylation sites (N-methyl/N-ethyl adjacent to an activating group) is 1. The fourth-order valence-corrected chi connectivity index (χ4v) is 3.21. The van der Waals surface area contributed by atoms with E-state index >= 15 is 0 Å². The summed E-state index contributed by atoms with van der Waals surface area (Å²) in [5, 5.41) is 3.32. The monoisotopic (exact) mass is 394 g/mol. The molecule has 0 saturated carbocycles. The van der Waals surface area contributed by atoms with Crippen molar-refractivity contribution in [2.45, 2.75) is 18.7 Å². The Balaban J connectivity index is 1.90. The van der Waals surface area contributed by atoms with E-state index < -0.39 is 0 Å². The maximum Gasteiger partial charge on any atom is 0.244 e. The van der Waals surface area contributed by atoms with Gasteiger partial charge in [-0.3, -0.25) is 9.59 Å². The number of hydrogen-bond acceptors (Lipinski definition) is 3. The van der Waals surface area contributed by atoms with Gasteiger partial charge in [0.05, 0.1) is 12.3 Å². The minimum absolute atomic E-state index is 0.0364. The smallest absolute Gasteiger partial charge is 0.244 e. The van der Waals surface area contributed by atoms with Crippen molar-refractivity contribution in [2.24, 2.45) is 0 Å². The normalized spacial score (nSPS) is 10.5. The zero-order chi connectivity index (χ0) is 19.1. The first-order chi connectivity index (χ1) is 12.4. The van der Waals surface area contributed by atoms with E-state index in [2.05, 4.69) is 5.32 Å². The van der Waals surface area contributed by atoms with E-state index in [0.29, 0.717) is 17.3 Å². The van der Waals surface area contributed by atoms with Crippen LogP contribution in [0.3, 0.4) is 0 Å². The van der Waals surface area contributed by atoms with Gasteiger partial charge in [0, 0.05) is 22.2 Å². The van der Waals surface area contributed by atoms with E-state index in [9.17, 15) is 14.0 Å². The lowest BCUT2D eigenvalue weighted by Gasteiger charge is -2.20. The van der Waals surface area contributed by atoms with Gasteiger partial charge in [0.2, 0.25) is 11.8 Å². The molecule has 0 heterocycles. The number of nitrogens with zero attached hydrogens (tertiary/aromatic N) is 1. The predicted molar refractivity (Wildman–Crippen MR) is 104 cm³/mol. The molecule has 0 unspecified atom stereocenters. The topological polar surface area (TPSA) is 49.4 Å². The number of amides is 2. The molecule has 138 valence electrons. The number of hydrogen-bond donors (Lipinski definition) is 1. The van der Waals surface area contributed by atoms with E-state index in [1.807, 2.05) is 19.9 Å². The minimum Gasteiger partial charge on any atom is -0.333 e. The molecule has 7 heteroatoms. The highest BCUT2D eigenvalue weighted by molar-refractivity contribution is 8.00. The van der Waals surface area contributed by atoms with Crippen molar-refractivity contribution in [3.8, 4) is 0 Å². The fourth-order valence-electron chi connectivity index (χ4n) is 2.24. The maximum absolute atomic E-state index is 12.9. The number of rotatable bonds is 7. The average Bonchev–Trinajstić information content (AvgIpc) is 2.62. The lowest BCUT2D eigenvalue weighted by atomic mass is 10.2. The van der Waals surface area contributed by atoms with E-state index in [1.165, 1.54) is 28.8 Å². The highest BCUT2D eigenvalue weighted by Crippen LogP contribution is 2.21. The van der Waals surface area contributed by atoms with E-state index in [-0.39, 0.29) is 29.9 Å². The molecule has 0 atom stereocenters. The number of carbonyl (C=O) groups is 2. The molecule has 0 aliphatic heterocycles. The summed E-state index contributed by atoms with van der Waals surface area (Å²) < 4.78 is 12.9. The molecule has 0 aliphatic carbocycles. The Hall–Kier alpha value is -2.05. The summed E-state index contributed by atoms with van der Waals surface area (Å²) >= 11 is 7.26. The molecule has 2 rings (SSSR count). The molecule has 0 aliphatic rings. The van der Waals surface area contributed by atoms with Gasteiger partial charge in [-0.15, -0.1) is 11.8 Å². The van der Waals surface area contributed by atoms with Gasteiger partial charge < -0.3 is 10.2 Å². The quantitative estimate of drug-likeness (QED) is 0.709. The SMILES string of the molecule is CCN(CC(=O)Nc1cc(Cl)ccc1C)C(=O)CSc1ccc(F)cc1. The molecular weight excluding hydrogens is 375 g/mol. The Bertz CT molecular complexity index is 784. The Morgan fingerprint density at radius 1 is 1.19 bits per heavy atom. The second kappa shape index (κ2) is 9.59. The second-order valence-corrected chi connectivity index (χ2v) is 7.14. The van der Waals surface area contributed by atoms with Crippen molar-refractivity contribution >= 4 is 40.9 Å². The van der Waals surface area contributed by atoms with Gasteiger partial charge in [0.15, 0.2) is 0 Å². The number of carbonyl (C=O) groups excluding carboxylic acids is 2. The number of anilines is 1. The van der Waals surface area contributed by atoms with Crippen LogP contribution < -0.4 is 5.32 Å². The van der Waals surface area contributed by atoms with Crippen LogP contribution in [0, 0.1) is 12.7 Å². The Morgan fingerprint density at radius 3 is 2.54 bits per heavy atom. The van der Waals surface area contributed by atoms with E-state index in [4.69, 9.17) is 11.6 Å². The number of aryl methyl sites for hydroxylation is 1. The van der Waals surface area contributed by atoms with Crippen LogP contribution in [-0.4, -0.2) is 35.6 Å². The standard InChI is InChI=1S/C19H20ClFN2O2S/c1-3-23(19(25)12-26-16-8-6-15(21)7-9-16)11-18(24)22-17-10-14(20)5-4-13(17)2/h4-10H,3,11-12H2,1-2H3,(H,22,24). The molecule has 0 fully saturated rings. The molecule has 0 spiro atoms. The first-order valence-electron chi connectivity index (χ1n) is 8.11. The van der Waals surface area contributed by atoms with Gasteiger partial charge in [-0.05, 0) is 55.8 Å².